The van der Waals surface area contributed by atoms with Crippen molar-refractivity contribution in [1.29, 1.82) is 0 Å². The normalized spacial score (nSPS) is 9.79. The fourth-order valence-corrected chi connectivity index (χ4v) is 1.93. The van der Waals surface area contributed by atoms with Crippen LogP contribution < -0.4 is 5.32 Å². The maximum Gasteiger partial charge on any atom is 0.261 e. The van der Waals surface area contributed by atoms with Gasteiger partial charge in [-0.15, -0.1) is 17.9 Å². The number of carbonyl (C=O) groups excluding carboxylic acids is 1. The summed E-state index contributed by atoms with van der Waals surface area (Å²) in [6.45, 7) is 6.36. The molecule has 14 heavy (non-hydrogen) atoms. The number of aryl methyl sites for hydroxylation is 1. The van der Waals surface area contributed by atoms with Crippen molar-refractivity contribution in [3.63, 3.8) is 0 Å². The van der Waals surface area contributed by atoms with Crippen molar-refractivity contribution >= 4 is 17.2 Å². The zero-order valence-electron chi connectivity index (χ0n) is 8.38. The smallest absolute Gasteiger partial charge is 0.261 e. The molecule has 1 amide bonds. The largest absolute Gasteiger partial charge is 0.351 e. The van der Waals surface area contributed by atoms with Crippen molar-refractivity contribution in [2.24, 2.45) is 0 Å². The molecule has 2 nitrogen and oxygen atoms in total. The van der Waals surface area contributed by atoms with Crippen molar-refractivity contribution in [2.45, 2.75) is 19.8 Å². The summed E-state index contributed by atoms with van der Waals surface area (Å²) in [4.78, 5) is 13.6. The van der Waals surface area contributed by atoms with Crippen LogP contribution in [0.4, 0.5) is 0 Å². The van der Waals surface area contributed by atoms with Gasteiger partial charge >= 0.3 is 0 Å². The first kappa shape index (κ1) is 11.0. The van der Waals surface area contributed by atoms with Gasteiger partial charge in [-0.05, 0) is 25.0 Å². The number of thiophene rings is 1. The van der Waals surface area contributed by atoms with Crippen molar-refractivity contribution in [3.8, 4) is 0 Å². The van der Waals surface area contributed by atoms with Crippen LogP contribution in [0.5, 0.6) is 0 Å². The van der Waals surface area contributed by atoms with Crippen LogP contribution >= 0.6 is 11.3 Å². The van der Waals surface area contributed by atoms with Gasteiger partial charge in [0, 0.05) is 11.4 Å². The minimum Gasteiger partial charge on any atom is -0.351 e. The molecule has 76 valence electrons. The van der Waals surface area contributed by atoms with Gasteiger partial charge in [0.1, 0.15) is 0 Å². The Kier molecular flexibility index (Phi) is 4.40. The molecule has 1 aromatic heterocycles. The van der Waals surface area contributed by atoms with E-state index in [1.54, 1.807) is 17.4 Å². The SMILES string of the molecule is C=CCCNC(=O)c1ccc(CC)s1. The third kappa shape index (κ3) is 3.00. The molecule has 0 spiro atoms. The van der Waals surface area contributed by atoms with E-state index in [2.05, 4.69) is 18.8 Å². The molecule has 0 aliphatic carbocycles. The molecule has 0 fully saturated rings. The van der Waals surface area contributed by atoms with Gasteiger partial charge in [-0.3, -0.25) is 4.79 Å². The van der Waals surface area contributed by atoms with E-state index in [0.717, 1.165) is 17.7 Å². The average molecular weight is 209 g/mol. The average Bonchev–Trinajstić information content (AvgIpc) is 2.66. The minimum absolute atomic E-state index is 0.0246. The predicted octanol–water partition coefficient (Wildman–Crippen LogP) is 2.62. The molecule has 0 atom stereocenters. The lowest BCUT2D eigenvalue weighted by Gasteiger charge is -1.99. The van der Waals surface area contributed by atoms with Crippen LogP contribution in [-0.2, 0) is 6.42 Å². The highest BCUT2D eigenvalue weighted by atomic mass is 32.1. The van der Waals surface area contributed by atoms with E-state index in [0.29, 0.717) is 6.54 Å². The van der Waals surface area contributed by atoms with Gasteiger partial charge in [0.2, 0.25) is 0 Å². The third-order valence-corrected chi connectivity index (χ3v) is 3.10. The summed E-state index contributed by atoms with van der Waals surface area (Å²) >= 11 is 1.56. The molecular formula is C11H15NOS. The van der Waals surface area contributed by atoms with E-state index < -0.39 is 0 Å². The second-order valence-electron chi connectivity index (χ2n) is 2.95. The van der Waals surface area contributed by atoms with Crippen LogP contribution in [0.1, 0.15) is 27.9 Å². The van der Waals surface area contributed by atoms with Crippen molar-refractivity contribution in [3.05, 3.63) is 34.5 Å². The van der Waals surface area contributed by atoms with Crippen molar-refractivity contribution < 1.29 is 4.79 Å². The number of carbonyl (C=O) groups is 1. The van der Waals surface area contributed by atoms with Gasteiger partial charge < -0.3 is 5.32 Å². The molecule has 0 aliphatic rings. The quantitative estimate of drug-likeness (QED) is 0.586. The topological polar surface area (TPSA) is 29.1 Å². The Morgan fingerprint density at radius 2 is 2.43 bits per heavy atom. The Balaban J connectivity index is 2.47. The molecule has 0 saturated heterocycles. The van der Waals surface area contributed by atoms with Crippen molar-refractivity contribution in [2.75, 3.05) is 6.54 Å². The number of nitrogens with one attached hydrogen (secondary N) is 1. The molecule has 0 aliphatic heterocycles. The number of hydrogen-bond donors (Lipinski definition) is 1. The molecule has 1 N–H and O–H groups in total. The monoisotopic (exact) mass is 209 g/mol. The Bertz CT molecular complexity index is 317. The summed E-state index contributed by atoms with van der Waals surface area (Å²) in [7, 11) is 0. The van der Waals surface area contributed by atoms with Gasteiger partial charge in [0.15, 0.2) is 0 Å². The fourth-order valence-electron chi connectivity index (χ4n) is 1.06. The lowest BCUT2D eigenvalue weighted by molar-refractivity contribution is 0.0958. The predicted molar refractivity (Wildman–Crippen MR) is 60.8 cm³/mol. The Labute approximate surface area is 88.6 Å². The van der Waals surface area contributed by atoms with Gasteiger partial charge in [0.05, 0.1) is 4.88 Å². The molecule has 0 radical (unpaired) electrons. The van der Waals surface area contributed by atoms with E-state index in [4.69, 9.17) is 0 Å². The zero-order chi connectivity index (χ0) is 10.4. The maximum atomic E-state index is 11.5. The van der Waals surface area contributed by atoms with Crippen LogP contribution in [-0.4, -0.2) is 12.5 Å². The van der Waals surface area contributed by atoms with E-state index in [-0.39, 0.29) is 5.91 Å². The summed E-state index contributed by atoms with van der Waals surface area (Å²) < 4.78 is 0. The van der Waals surface area contributed by atoms with Gasteiger partial charge in [-0.2, -0.15) is 0 Å². The summed E-state index contributed by atoms with van der Waals surface area (Å²) in [5.74, 6) is 0.0246. The van der Waals surface area contributed by atoms with Crippen LogP contribution in [0.25, 0.3) is 0 Å². The third-order valence-electron chi connectivity index (χ3n) is 1.87. The zero-order valence-corrected chi connectivity index (χ0v) is 9.19. The van der Waals surface area contributed by atoms with Crippen LogP contribution in [0, 0.1) is 0 Å². The summed E-state index contributed by atoms with van der Waals surface area (Å²) in [5.41, 5.74) is 0. The van der Waals surface area contributed by atoms with Gasteiger partial charge in [-0.25, -0.2) is 0 Å². The molecule has 1 aromatic rings. The second-order valence-corrected chi connectivity index (χ2v) is 4.12. The molecular weight excluding hydrogens is 194 g/mol. The van der Waals surface area contributed by atoms with Gasteiger partial charge in [-0.1, -0.05) is 13.0 Å². The van der Waals surface area contributed by atoms with E-state index in [9.17, 15) is 4.79 Å². The Hall–Kier alpha value is -1.09. The number of amides is 1. The summed E-state index contributed by atoms with van der Waals surface area (Å²) in [6.07, 6.45) is 3.61. The highest BCUT2D eigenvalue weighted by Gasteiger charge is 2.06. The molecule has 1 heterocycles. The van der Waals surface area contributed by atoms with E-state index in [1.807, 2.05) is 12.1 Å². The minimum atomic E-state index is 0.0246. The first-order chi connectivity index (χ1) is 6.77. The molecule has 3 heteroatoms. The lowest BCUT2D eigenvalue weighted by Crippen LogP contribution is -2.22. The highest BCUT2D eigenvalue weighted by molar-refractivity contribution is 7.14. The van der Waals surface area contributed by atoms with Crippen LogP contribution in [0.3, 0.4) is 0 Å². The molecule has 0 aromatic carbocycles. The Morgan fingerprint density at radius 3 is 3.00 bits per heavy atom. The Morgan fingerprint density at radius 1 is 1.64 bits per heavy atom. The van der Waals surface area contributed by atoms with E-state index >= 15 is 0 Å². The number of hydrogen-bond acceptors (Lipinski definition) is 2. The second kappa shape index (κ2) is 5.60. The molecule has 0 unspecified atom stereocenters. The molecule has 1 rings (SSSR count). The van der Waals surface area contributed by atoms with Crippen LogP contribution in [0.2, 0.25) is 0 Å². The van der Waals surface area contributed by atoms with Crippen molar-refractivity contribution in [1.82, 2.24) is 5.32 Å². The highest BCUT2D eigenvalue weighted by Crippen LogP contribution is 2.16. The lowest BCUT2D eigenvalue weighted by atomic mass is 10.3. The van der Waals surface area contributed by atoms with Crippen LogP contribution in [0.15, 0.2) is 24.8 Å². The first-order valence-electron chi connectivity index (χ1n) is 4.75. The maximum absolute atomic E-state index is 11.5. The summed E-state index contributed by atoms with van der Waals surface area (Å²) in [5, 5.41) is 2.84. The molecule has 0 saturated carbocycles. The van der Waals surface area contributed by atoms with E-state index in [1.165, 1.54) is 4.88 Å². The van der Waals surface area contributed by atoms with Gasteiger partial charge in [0.25, 0.3) is 5.91 Å². The fraction of sp³-hybridized carbons (Fsp3) is 0.364. The standard InChI is InChI=1S/C11H15NOS/c1-3-5-8-12-11(13)10-7-6-9(4-2)14-10/h3,6-7H,1,4-5,8H2,2H3,(H,12,13). The molecule has 0 bridgehead atoms. The first-order valence-corrected chi connectivity index (χ1v) is 5.57. The number of rotatable bonds is 5. The summed E-state index contributed by atoms with van der Waals surface area (Å²) in [6, 6.07) is 3.89.